The van der Waals surface area contributed by atoms with E-state index in [4.69, 9.17) is 4.74 Å². The van der Waals surface area contributed by atoms with Crippen LogP contribution in [0.2, 0.25) is 0 Å². The molecule has 0 fully saturated rings. The van der Waals surface area contributed by atoms with Gasteiger partial charge < -0.3 is 9.47 Å². The summed E-state index contributed by atoms with van der Waals surface area (Å²) in [5, 5.41) is 0. The molecule has 0 amide bonds. The number of hydrogen-bond donors (Lipinski definition) is 0. The minimum atomic E-state index is -0.277. The predicted molar refractivity (Wildman–Crippen MR) is 66.8 cm³/mol. The molecule has 3 nitrogen and oxygen atoms in total. The Balaban J connectivity index is 0. The molecule has 0 aromatic carbocycles. The molecule has 3 heteroatoms. The van der Waals surface area contributed by atoms with Crippen molar-refractivity contribution in [2.24, 2.45) is 0 Å². The minimum Gasteiger partial charge on any atom is -0.474 e. The van der Waals surface area contributed by atoms with Crippen LogP contribution in [0.3, 0.4) is 0 Å². The monoisotopic (exact) mass is 226 g/mol. The second-order valence-corrected chi connectivity index (χ2v) is 3.09. The van der Waals surface area contributed by atoms with Crippen LogP contribution in [0.4, 0.5) is 0 Å². The number of unbranched alkanes of at least 4 members (excludes halogenated alkanes) is 2. The fraction of sp³-hybridized carbons (Fsp3) is 0.462. The number of hydrogen-bond acceptors (Lipinski definition) is 3. The fourth-order valence-electron chi connectivity index (χ4n) is 0.708. The van der Waals surface area contributed by atoms with E-state index >= 15 is 0 Å². The Labute approximate surface area is 98.4 Å². The van der Waals surface area contributed by atoms with Crippen LogP contribution in [0, 0.1) is 0 Å². The Bertz CT molecular complexity index is 213. The lowest BCUT2D eigenvalue weighted by atomic mass is 10.3. The summed E-state index contributed by atoms with van der Waals surface area (Å²) >= 11 is 0. The van der Waals surface area contributed by atoms with Crippen molar-refractivity contribution in [1.82, 2.24) is 0 Å². The van der Waals surface area contributed by atoms with Gasteiger partial charge in [0, 0.05) is 5.57 Å². The Morgan fingerprint density at radius 3 is 2.12 bits per heavy atom. The second-order valence-electron chi connectivity index (χ2n) is 3.09. The van der Waals surface area contributed by atoms with Gasteiger partial charge in [-0.2, -0.15) is 0 Å². The van der Waals surface area contributed by atoms with Gasteiger partial charge in [-0.15, -0.1) is 0 Å². The summed E-state index contributed by atoms with van der Waals surface area (Å²) in [5.41, 5.74) is 0.474. The highest BCUT2D eigenvalue weighted by atomic mass is 16.5. The van der Waals surface area contributed by atoms with E-state index in [0.717, 1.165) is 19.3 Å². The van der Waals surface area contributed by atoms with Gasteiger partial charge >= 0.3 is 5.97 Å². The van der Waals surface area contributed by atoms with E-state index in [1.807, 2.05) is 0 Å². The molecule has 0 saturated heterocycles. The van der Waals surface area contributed by atoms with Crippen molar-refractivity contribution in [2.45, 2.75) is 33.1 Å². The van der Waals surface area contributed by atoms with E-state index in [2.05, 4.69) is 31.4 Å². The molecule has 0 atom stereocenters. The predicted octanol–water partition coefficient (Wildman–Crippen LogP) is 3.59. The topological polar surface area (TPSA) is 35.5 Å². The summed E-state index contributed by atoms with van der Waals surface area (Å²) in [5.74, 6) is -0.277. The third kappa shape index (κ3) is 15.0. The van der Waals surface area contributed by atoms with E-state index in [9.17, 15) is 4.79 Å². The molecular weight excluding hydrogens is 204 g/mol. The van der Waals surface area contributed by atoms with Gasteiger partial charge in [0.1, 0.15) is 0 Å². The lowest BCUT2D eigenvalue weighted by Gasteiger charge is -2.02. The van der Waals surface area contributed by atoms with Gasteiger partial charge in [-0.05, 0) is 13.3 Å². The van der Waals surface area contributed by atoms with Crippen LogP contribution in [-0.4, -0.2) is 12.6 Å². The van der Waals surface area contributed by atoms with Gasteiger partial charge in [0.25, 0.3) is 0 Å². The number of esters is 1. The van der Waals surface area contributed by atoms with Crippen molar-refractivity contribution in [3.8, 4) is 0 Å². The minimum absolute atomic E-state index is 0.277. The van der Waals surface area contributed by atoms with Crippen molar-refractivity contribution >= 4 is 5.97 Å². The van der Waals surface area contributed by atoms with Crippen molar-refractivity contribution < 1.29 is 14.3 Å². The van der Waals surface area contributed by atoms with Crippen LogP contribution in [0.1, 0.15) is 33.1 Å². The van der Waals surface area contributed by atoms with Gasteiger partial charge in [0.05, 0.1) is 19.1 Å². The normalized spacial score (nSPS) is 8.12. The summed E-state index contributed by atoms with van der Waals surface area (Å²) in [6.45, 7) is 14.3. The van der Waals surface area contributed by atoms with E-state index in [1.54, 1.807) is 6.92 Å². The molecule has 0 N–H and O–H groups in total. The van der Waals surface area contributed by atoms with Gasteiger partial charge in [0.2, 0.25) is 0 Å². The molecule has 0 bridgehead atoms. The molecule has 0 heterocycles. The fourth-order valence-corrected chi connectivity index (χ4v) is 0.708. The second kappa shape index (κ2) is 13.5. The number of ether oxygens (including phenoxy) is 2. The first-order valence-corrected chi connectivity index (χ1v) is 5.30. The van der Waals surface area contributed by atoms with Crippen LogP contribution >= 0.6 is 0 Å². The van der Waals surface area contributed by atoms with Gasteiger partial charge in [-0.1, -0.05) is 39.5 Å². The molecule has 0 unspecified atom stereocenters. The molecule has 0 aliphatic heterocycles. The molecule has 0 aromatic heterocycles. The molecule has 0 aromatic rings. The summed E-state index contributed by atoms with van der Waals surface area (Å²) in [7, 11) is 0. The summed E-state index contributed by atoms with van der Waals surface area (Å²) in [6.07, 6.45) is 5.84. The highest BCUT2D eigenvalue weighted by molar-refractivity contribution is 5.86. The van der Waals surface area contributed by atoms with Crippen molar-refractivity contribution in [1.29, 1.82) is 0 Å². The third-order valence-electron chi connectivity index (χ3n) is 1.52. The molecule has 0 saturated carbocycles. The summed E-state index contributed by atoms with van der Waals surface area (Å²) in [6, 6.07) is 0. The Morgan fingerprint density at radius 1 is 1.25 bits per heavy atom. The van der Waals surface area contributed by atoms with Crippen molar-refractivity contribution in [3.63, 3.8) is 0 Å². The highest BCUT2D eigenvalue weighted by Gasteiger charge is 2.00. The highest BCUT2D eigenvalue weighted by Crippen LogP contribution is 1.97. The van der Waals surface area contributed by atoms with Crippen molar-refractivity contribution in [2.75, 3.05) is 6.61 Å². The molecule has 0 spiro atoms. The van der Waals surface area contributed by atoms with Crippen LogP contribution in [0.25, 0.3) is 0 Å². The van der Waals surface area contributed by atoms with E-state index in [1.165, 1.54) is 12.5 Å². The Hall–Kier alpha value is -1.51. The van der Waals surface area contributed by atoms with Gasteiger partial charge in [-0.3, -0.25) is 0 Å². The number of carbonyl (C=O) groups excluding carboxylic acids is 1. The standard InChI is InChI=1S/C9H16O2.C4H6O/c1-4-5-6-7-11-9(10)8(2)3;1-3-5-4-2/h2,4-7H2,1,3H3;3-4H,1-2H2. The maximum atomic E-state index is 10.8. The maximum absolute atomic E-state index is 10.8. The van der Waals surface area contributed by atoms with Crippen LogP contribution < -0.4 is 0 Å². The number of rotatable bonds is 7. The molecule has 16 heavy (non-hydrogen) atoms. The third-order valence-corrected chi connectivity index (χ3v) is 1.52. The lowest BCUT2D eigenvalue weighted by molar-refractivity contribution is -0.139. The zero-order chi connectivity index (χ0) is 12.8. The van der Waals surface area contributed by atoms with Crippen LogP contribution in [-0.2, 0) is 14.3 Å². The summed E-state index contributed by atoms with van der Waals surface area (Å²) in [4.78, 5) is 10.8. The summed E-state index contributed by atoms with van der Waals surface area (Å²) < 4.78 is 9.23. The first kappa shape index (κ1) is 16.9. The average molecular weight is 226 g/mol. The Morgan fingerprint density at radius 2 is 1.81 bits per heavy atom. The largest absolute Gasteiger partial charge is 0.474 e. The van der Waals surface area contributed by atoms with E-state index < -0.39 is 0 Å². The van der Waals surface area contributed by atoms with E-state index in [0.29, 0.717) is 12.2 Å². The van der Waals surface area contributed by atoms with E-state index in [-0.39, 0.29) is 5.97 Å². The first-order valence-electron chi connectivity index (χ1n) is 5.30. The maximum Gasteiger partial charge on any atom is 0.333 e. The Kier molecular flexibility index (Phi) is 14.3. The first-order chi connectivity index (χ1) is 7.59. The smallest absolute Gasteiger partial charge is 0.333 e. The molecule has 0 radical (unpaired) electrons. The lowest BCUT2D eigenvalue weighted by Crippen LogP contribution is -2.05. The quantitative estimate of drug-likeness (QED) is 0.288. The SMILES string of the molecule is C=C(C)C(=O)OCCCCC.C=COC=C. The molecule has 92 valence electrons. The molecule has 0 aliphatic carbocycles. The zero-order valence-electron chi connectivity index (χ0n) is 10.3. The number of carbonyl (C=O) groups is 1. The van der Waals surface area contributed by atoms with Crippen LogP contribution in [0.15, 0.2) is 37.8 Å². The van der Waals surface area contributed by atoms with Gasteiger partial charge in [-0.25, -0.2) is 4.79 Å². The molecule has 0 rings (SSSR count). The van der Waals surface area contributed by atoms with Gasteiger partial charge in [0.15, 0.2) is 0 Å². The van der Waals surface area contributed by atoms with Crippen LogP contribution in [0.5, 0.6) is 0 Å². The molecular formula is C13H22O3. The zero-order valence-corrected chi connectivity index (χ0v) is 10.3. The van der Waals surface area contributed by atoms with Crippen molar-refractivity contribution in [3.05, 3.63) is 37.8 Å². The average Bonchev–Trinajstić information content (AvgIpc) is 2.26. The molecule has 0 aliphatic rings.